The molecule has 0 radical (unpaired) electrons. The minimum absolute atomic E-state index is 0.126. The topological polar surface area (TPSA) is 56.0 Å². The van der Waals surface area contributed by atoms with Gasteiger partial charge < -0.3 is 0 Å². The molecule has 3 rings (SSSR count). The summed E-state index contributed by atoms with van der Waals surface area (Å²) in [6, 6.07) is 10.7. The summed E-state index contributed by atoms with van der Waals surface area (Å²) in [5.41, 5.74) is 1.75. The number of hydrogen-bond donors (Lipinski definition) is 0. The van der Waals surface area contributed by atoms with E-state index in [4.69, 9.17) is 11.6 Å². The Morgan fingerprint density at radius 2 is 1.90 bits per heavy atom. The van der Waals surface area contributed by atoms with Crippen LogP contribution in [0, 0.1) is 10.1 Å². The molecule has 0 aliphatic heterocycles. The lowest BCUT2D eigenvalue weighted by atomic mass is 10.2. The molecule has 2 aromatic heterocycles. The summed E-state index contributed by atoms with van der Waals surface area (Å²) < 4.78 is 0. The van der Waals surface area contributed by atoms with Crippen molar-refractivity contribution in [3.63, 3.8) is 0 Å². The average molecular weight is 323 g/mol. The molecule has 0 amide bonds. The van der Waals surface area contributed by atoms with Crippen LogP contribution in [-0.4, -0.2) is 9.91 Å². The molecule has 1 aromatic carbocycles. The van der Waals surface area contributed by atoms with Gasteiger partial charge in [0.2, 0.25) is 0 Å². The number of nitrogens with zero attached hydrogens (tertiary/aromatic N) is 2. The van der Waals surface area contributed by atoms with Gasteiger partial charge in [0.05, 0.1) is 15.5 Å². The van der Waals surface area contributed by atoms with Crippen molar-refractivity contribution in [2.45, 2.75) is 0 Å². The molecule has 4 nitrogen and oxygen atoms in total. The van der Waals surface area contributed by atoms with E-state index >= 15 is 0 Å². The Balaban J connectivity index is 1.93. The van der Waals surface area contributed by atoms with Gasteiger partial charge in [0.1, 0.15) is 5.01 Å². The number of rotatable bonds is 3. The molecule has 7 heteroatoms. The summed E-state index contributed by atoms with van der Waals surface area (Å²) in [6.07, 6.45) is 0. The fraction of sp³-hybridized carbons (Fsp3) is 0. The van der Waals surface area contributed by atoms with Crippen molar-refractivity contribution in [3.8, 4) is 21.1 Å². The van der Waals surface area contributed by atoms with Gasteiger partial charge in [0, 0.05) is 22.0 Å². The molecule has 0 unspecified atom stereocenters. The number of benzene rings is 1. The van der Waals surface area contributed by atoms with Crippen molar-refractivity contribution < 1.29 is 4.92 Å². The summed E-state index contributed by atoms with van der Waals surface area (Å²) in [5, 5.41) is 14.3. The van der Waals surface area contributed by atoms with Crippen LogP contribution in [0.15, 0.2) is 41.8 Å². The van der Waals surface area contributed by atoms with Gasteiger partial charge in [-0.15, -0.1) is 11.3 Å². The van der Waals surface area contributed by atoms with E-state index in [1.54, 1.807) is 6.07 Å². The zero-order chi connectivity index (χ0) is 14.1. The Bertz CT molecular complexity index is 765. The molecule has 0 N–H and O–H groups in total. The van der Waals surface area contributed by atoms with E-state index in [1.807, 2.05) is 29.6 Å². The number of thiophene rings is 1. The Morgan fingerprint density at radius 3 is 2.55 bits per heavy atom. The second-order valence-electron chi connectivity index (χ2n) is 3.94. The molecule has 0 spiro atoms. The summed E-state index contributed by atoms with van der Waals surface area (Å²) in [6.45, 7) is 0. The standard InChI is InChI=1S/C13H7ClN2O2S2/c14-9-3-1-8(2-4-9)13-15-10(7-19-13)11-5-6-12(20-11)16(17)18/h1-7H. The zero-order valence-electron chi connectivity index (χ0n) is 9.95. The van der Waals surface area contributed by atoms with E-state index in [2.05, 4.69) is 4.98 Å². The van der Waals surface area contributed by atoms with Crippen LogP contribution in [0.3, 0.4) is 0 Å². The van der Waals surface area contributed by atoms with Crippen LogP contribution in [0.2, 0.25) is 5.02 Å². The summed E-state index contributed by atoms with van der Waals surface area (Å²) in [5.74, 6) is 0. The first-order valence-corrected chi connectivity index (χ1v) is 7.67. The van der Waals surface area contributed by atoms with E-state index in [1.165, 1.54) is 17.4 Å². The van der Waals surface area contributed by atoms with Gasteiger partial charge in [-0.25, -0.2) is 4.98 Å². The molecule has 2 heterocycles. The molecule has 3 aromatic rings. The largest absolute Gasteiger partial charge is 0.324 e. The number of hydrogen-bond acceptors (Lipinski definition) is 5. The molecular weight excluding hydrogens is 316 g/mol. The Hall–Kier alpha value is -1.76. The smallest absolute Gasteiger partial charge is 0.258 e. The third-order valence-corrected chi connectivity index (χ3v) is 4.82. The summed E-state index contributed by atoms with van der Waals surface area (Å²) in [7, 11) is 0. The molecule has 0 bridgehead atoms. The predicted molar refractivity (Wildman–Crippen MR) is 82.5 cm³/mol. The fourth-order valence-electron chi connectivity index (χ4n) is 1.68. The normalized spacial score (nSPS) is 10.7. The third kappa shape index (κ3) is 2.58. The van der Waals surface area contributed by atoms with Crippen LogP contribution >= 0.6 is 34.3 Å². The Kier molecular flexibility index (Phi) is 3.52. The van der Waals surface area contributed by atoms with Gasteiger partial charge >= 0.3 is 5.00 Å². The first-order chi connectivity index (χ1) is 9.63. The lowest BCUT2D eigenvalue weighted by molar-refractivity contribution is -0.380. The number of thiazole rings is 1. The van der Waals surface area contributed by atoms with Crippen LogP contribution in [0.25, 0.3) is 21.1 Å². The second kappa shape index (κ2) is 5.32. The molecule has 0 saturated heterocycles. The molecule has 100 valence electrons. The zero-order valence-corrected chi connectivity index (χ0v) is 12.3. The Morgan fingerprint density at radius 1 is 1.15 bits per heavy atom. The maximum absolute atomic E-state index is 10.7. The number of nitro groups is 1. The van der Waals surface area contributed by atoms with E-state index in [9.17, 15) is 10.1 Å². The molecule has 0 aliphatic carbocycles. The van der Waals surface area contributed by atoms with Gasteiger partial charge in [0.25, 0.3) is 0 Å². The monoisotopic (exact) mass is 322 g/mol. The highest BCUT2D eigenvalue weighted by atomic mass is 35.5. The maximum atomic E-state index is 10.7. The predicted octanol–water partition coefficient (Wildman–Crippen LogP) is 5.10. The van der Waals surface area contributed by atoms with Gasteiger partial charge in [-0.05, 0) is 18.2 Å². The molecule has 0 fully saturated rings. The lowest BCUT2D eigenvalue weighted by Gasteiger charge is -1.95. The van der Waals surface area contributed by atoms with Crippen molar-refractivity contribution in [2.75, 3.05) is 0 Å². The SMILES string of the molecule is O=[N+]([O-])c1ccc(-c2csc(-c3ccc(Cl)cc3)n2)s1. The minimum atomic E-state index is -0.388. The van der Waals surface area contributed by atoms with E-state index in [0.717, 1.165) is 32.5 Å². The van der Waals surface area contributed by atoms with Crippen LogP contribution in [-0.2, 0) is 0 Å². The van der Waals surface area contributed by atoms with Crippen LogP contribution in [0.4, 0.5) is 5.00 Å². The van der Waals surface area contributed by atoms with Crippen molar-refractivity contribution in [1.29, 1.82) is 0 Å². The minimum Gasteiger partial charge on any atom is -0.258 e. The highest BCUT2D eigenvalue weighted by Gasteiger charge is 2.13. The number of aromatic nitrogens is 1. The fourth-order valence-corrected chi connectivity index (χ4v) is 3.48. The van der Waals surface area contributed by atoms with Crippen molar-refractivity contribution in [2.24, 2.45) is 0 Å². The van der Waals surface area contributed by atoms with E-state index < -0.39 is 0 Å². The molecule has 20 heavy (non-hydrogen) atoms. The van der Waals surface area contributed by atoms with Gasteiger partial charge in [-0.1, -0.05) is 35.1 Å². The molecule has 0 aliphatic rings. The van der Waals surface area contributed by atoms with E-state index in [0.29, 0.717) is 5.02 Å². The van der Waals surface area contributed by atoms with E-state index in [-0.39, 0.29) is 9.92 Å². The first kappa shape index (κ1) is 13.2. The summed E-state index contributed by atoms with van der Waals surface area (Å²) in [4.78, 5) is 15.6. The first-order valence-electron chi connectivity index (χ1n) is 5.59. The van der Waals surface area contributed by atoms with Gasteiger partial charge in [-0.2, -0.15) is 0 Å². The van der Waals surface area contributed by atoms with Crippen molar-refractivity contribution >= 4 is 39.3 Å². The van der Waals surface area contributed by atoms with Gasteiger partial charge in [-0.3, -0.25) is 10.1 Å². The quantitative estimate of drug-likeness (QED) is 0.498. The van der Waals surface area contributed by atoms with Gasteiger partial charge in [0.15, 0.2) is 0 Å². The highest BCUT2D eigenvalue weighted by Crippen LogP contribution is 2.35. The molecule has 0 atom stereocenters. The second-order valence-corrected chi connectivity index (χ2v) is 6.30. The van der Waals surface area contributed by atoms with Crippen molar-refractivity contribution in [1.82, 2.24) is 4.98 Å². The average Bonchev–Trinajstić information content (AvgIpc) is 3.08. The van der Waals surface area contributed by atoms with Crippen LogP contribution in [0.1, 0.15) is 0 Å². The van der Waals surface area contributed by atoms with Crippen LogP contribution in [0.5, 0.6) is 0 Å². The summed E-state index contributed by atoms with van der Waals surface area (Å²) >= 11 is 8.49. The van der Waals surface area contributed by atoms with Crippen LogP contribution < -0.4 is 0 Å². The number of halogens is 1. The lowest BCUT2D eigenvalue weighted by Crippen LogP contribution is -1.80. The Labute approximate surface area is 127 Å². The molecular formula is C13H7ClN2O2S2. The highest BCUT2D eigenvalue weighted by molar-refractivity contribution is 7.19. The third-order valence-electron chi connectivity index (χ3n) is 2.62. The maximum Gasteiger partial charge on any atom is 0.324 e. The van der Waals surface area contributed by atoms with Crippen molar-refractivity contribution in [3.05, 3.63) is 56.9 Å². The molecule has 0 saturated carbocycles.